The molecule has 0 radical (unpaired) electrons. The second-order valence-electron chi connectivity index (χ2n) is 6.63. The minimum absolute atomic E-state index is 0.0166. The Morgan fingerprint density at radius 1 is 0.952 bits per heavy atom. The van der Waals surface area contributed by atoms with Crippen LogP contribution in [-0.4, -0.2) is 68.2 Å². The van der Waals surface area contributed by atoms with E-state index < -0.39 is 0 Å². The van der Waals surface area contributed by atoms with Crippen molar-refractivity contribution < 1.29 is 4.79 Å². The van der Waals surface area contributed by atoms with Gasteiger partial charge < -0.3 is 20.4 Å². The molecule has 0 aromatic carbocycles. The molecule has 0 aliphatic carbocycles. The van der Waals surface area contributed by atoms with Crippen LogP contribution in [0.15, 0.2) is 0 Å². The van der Waals surface area contributed by atoms with E-state index in [1.54, 1.807) is 0 Å². The van der Waals surface area contributed by atoms with Crippen LogP contribution in [0, 0.1) is 5.92 Å². The molecule has 0 saturated carbocycles. The topological polar surface area (TPSA) is 47.6 Å². The molecule has 1 atom stereocenters. The van der Waals surface area contributed by atoms with Gasteiger partial charge in [0.2, 0.25) is 0 Å². The molecule has 5 nitrogen and oxygen atoms in total. The monoisotopic (exact) mass is 296 g/mol. The number of hydrogen-bond acceptors (Lipinski definition) is 3. The number of rotatable bonds is 6. The molecule has 2 amide bonds. The Labute approximate surface area is 129 Å². The normalized spacial score (nSPS) is 24.7. The molecule has 2 N–H and O–H groups in total. The Balaban J connectivity index is 1.47. The second-order valence-corrected chi connectivity index (χ2v) is 6.63. The summed E-state index contributed by atoms with van der Waals surface area (Å²) in [6.07, 6.45) is 6.62. The van der Waals surface area contributed by atoms with Crippen LogP contribution in [0.5, 0.6) is 0 Å². The number of nitrogens with one attached hydrogen (secondary N) is 2. The largest absolute Gasteiger partial charge is 0.337 e. The SMILES string of the molecule is CC1CCCN(CCNC(=O)NCCN2CCCCC2)C1. The predicted molar refractivity (Wildman–Crippen MR) is 86.5 cm³/mol. The maximum atomic E-state index is 11.7. The molecule has 2 fully saturated rings. The maximum absolute atomic E-state index is 11.7. The van der Waals surface area contributed by atoms with Crippen LogP contribution >= 0.6 is 0 Å². The summed E-state index contributed by atoms with van der Waals surface area (Å²) in [6.45, 7) is 10.5. The summed E-state index contributed by atoms with van der Waals surface area (Å²) in [7, 11) is 0. The van der Waals surface area contributed by atoms with E-state index in [1.807, 2.05) is 0 Å². The third kappa shape index (κ3) is 6.66. The fourth-order valence-corrected chi connectivity index (χ4v) is 3.39. The van der Waals surface area contributed by atoms with Gasteiger partial charge in [0.15, 0.2) is 0 Å². The van der Waals surface area contributed by atoms with E-state index in [0.717, 1.165) is 32.1 Å². The summed E-state index contributed by atoms with van der Waals surface area (Å²) in [5, 5.41) is 5.94. The zero-order valence-electron chi connectivity index (χ0n) is 13.6. The second kappa shape index (κ2) is 9.26. The molecule has 2 saturated heterocycles. The number of hydrogen-bond donors (Lipinski definition) is 2. The molecule has 0 aromatic heterocycles. The van der Waals surface area contributed by atoms with E-state index in [1.165, 1.54) is 58.3 Å². The van der Waals surface area contributed by atoms with E-state index in [9.17, 15) is 4.79 Å². The lowest BCUT2D eigenvalue weighted by molar-refractivity contribution is 0.183. The number of likely N-dealkylation sites (tertiary alicyclic amines) is 2. The first kappa shape index (κ1) is 16.6. The fraction of sp³-hybridized carbons (Fsp3) is 0.938. The summed E-state index contributed by atoms with van der Waals surface area (Å²) in [4.78, 5) is 16.6. The van der Waals surface area contributed by atoms with Gasteiger partial charge in [-0.25, -0.2) is 4.79 Å². The van der Waals surface area contributed by atoms with Crippen molar-refractivity contribution in [1.29, 1.82) is 0 Å². The van der Waals surface area contributed by atoms with E-state index in [0.29, 0.717) is 0 Å². The van der Waals surface area contributed by atoms with Crippen LogP contribution in [0.25, 0.3) is 0 Å². The first-order valence-corrected chi connectivity index (χ1v) is 8.70. The van der Waals surface area contributed by atoms with Gasteiger partial charge >= 0.3 is 6.03 Å². The summed E-state index contributed by atoms with van der Waals surface area (Å²) in [5.74, 6) is 0.803. The molecule has 0 spiro atoms. The molecular weight excluding hydrogens is 264 g/mol. The molecule has 2 rings (SSSR count). The molecule has 2 heterocycles. The summed E-state index contributed by atoms with van der Waals surface area (Å²) < 4.78 is 0. The number of amides is 2. The standard InChI is InChI=1S/C16H32N4O/c1-15-6-5-11-20(14-15)13-8-18-16(21)17-7-12-19-9-3-2-4-10-19/h15H,2-14H2,1H3,(H2,17,18,21). The van der Waals surface area contributed by atoms with Crippen molar-refractivity contribution in [2.45, 2.75) is 39.0 Å². The van der Waals surface area contributed by atoms with E-state index in [-0.39, 0.29) is 6.03 Å². The number of piperidine rings is 2. The Morgan fingerprint density at radius 2 is 1.57 bits per heavy atom. The van der Waals surface area contributed by atoms with Gasteiger partial charge in [-0.05, 0) is 51.2 Å². The van der Waals surface area contributed by atoms with Crippen molar-refractivity contribution in [3.63, 3.8) is 0 Å². The Bertz CT molecular complexity index is 305. The highest BCUT2D eigenvalue weighted by Crippen LogP contribution is 2.14. The van der Waals surface area contributed by atoms with Gasteiger partial charge in [-0.3, -0.25) is 0 Å². The lowest BCUT2D eigenvalue weighted by atomic mass is 10.0. The van der Waals surface area contributed by atoms with Gasteiger partial charge in [0.05, 0.1) is 0 Å². The molecule has 2 aliphatic heterocycles. The van der Waals surface area contributed by atoms with Crippen molar-refractivity contribution in [2.24, 2.45) is 5.92 Å². The molecule has 1 unspecified atom stereocenters. The van der Waals surface area contributed by atoms with E-state index in [4.69, 9.17) is 0 Å². The van der Waals surface area contributed by atoms with E-state index >= 15 is 0 Å². The molecule has 0 aromatic rings. The maximum Gasteiger partial charge on any atom is 0.314 e. The molecular formula is C16H32N4O. The fourth-order valence-electron chi connectivity index (χ4n) is 3.39. The first-order chi connectivity index (χ1) is 10.2. The number of carbonyl (C=O) groups is 1. The van der Waals surface area contributed by atoms with Crippen molar-refractivity contribution in [3.8, 4) is 0 Å². The predicted octanol–water partition coefficient (Wildman–Crippen LogP) is 1.50. The van der Waals surface area contributed by atoms with Crippen LogP contribution in [0.1, 0.15) is 39.0 Å². The van der Waals surface area contributed by atoms with Gasteiger partial charge in [-0.1, -0.05) is 13.3 Å². The van der Waals surface area contributed by atoms with Crippen molar-refractivity contribution in [3.05, 3.63) is 0 Å². The first-order valence-electron chi connectivity index (χ1n) is 8.70. The Kier molecular flexibility index (Phi) is 7.30. The van der Waals surface area contributed by atoms with Crippen molar-refractivity contribution in [2.75, 3.05) is 52.4 Å². The highest BCUT2D eigenvalue weighted by Gasteiger charge is 2.15. The average Bonchev–Trinajstić information content (AvgIpc) is 2.48. The summed E-state index contributed by atoms with van der Waals surface area (Å²) in [6, 6.07) is -0.0166. The van der Waals surface area contributed by atoms with Gasteiger partial charge in [-0.2, -0.15) is 0 Å². The lowest BCUT2D eigenvalue weighted by Crippen LogP contribution is -2.45. The minimum atomic E-state index is -0.0166. The van der Waals surface area contributed by atoms with Crippen LogP contribution in [0.3, 0.4) is 0 Å². The quantitative estimate of drug-likeness (QED) is 0.781. The Morgan fingerprint density at radius 3 is 2.24 bits per heavy atom. The van der Waals surface area contributed by atoms with E-state index in [2.05, 4.69) is 27.4 Å². The molecule has 5 heteroatoms. The Hall–Kier alpha value is -0.810. The third-order valence-electron chi connectivity index (χ3n) is 4.62. The van der Waals surface area contributed by atoms with Crippen LogP contribution in [0.2, 0.25) is 0 Å². The molecule has 21 heavy (non-hydrogen) atoms. The van der Waals surface area contributed by atoms with Gasteiger partial charge in [-0.15, -0.1) is 0 Å². The van der Waals surface area contributed by atoms with Crippen molar-refractivity contribution in [1.82, 2.24) is 20.4 Å². The minimum Gasteiger partial charge on any atom is -0.337 e. The number of nitrogens with zero attached hydrogens (tertiary/aromatic N) is 2. The molecule has 0 bridgehead atoms. The van der Waals surface area contributed by atoms with Crippen LogP contribution in [0.4, 0.5) is 4.79 Å². The van der Waals surface area contributed by atoms with Crippen LogP contribution in [-0.2, 0) is 0 Å². The zero-order chi connectivity index (χ0) is 14.9. The van der Waals surface area contributed by atoms with Crippen LogP contribution < -0.4 is 10.6 Å². The number of carbonyl (C=O) groups excluding carboxylic acids is 1. The van der Waals surface area contributed by atoms with Crippen molar-refractivity contribution >= 4 is 6.03 Å². The average molecular weight is 296 g/mol. The number of urea groups is 1. The van der Waals surface area contributed by atoms with Gasteiger partial charge in [0.25, 0.3) is 0 Å². The van der Waals surface area contributed by atoms with Gasteiger partial charge in [0, 0.05) is 32.7 Å². The summed E-state index contributed by atoms with van der Waals surface area (Å²) in [5.41, 5.74) is 0. The molecule has 122 valence electrons. The lowest BCUT2D eigenvalue weighted by Gasteiger charge is -2.30. The molecule has 2 aliphatic rings. The highest BCUT2D eigenvalue weighted by molar-refractivity contribution is 5.73. The summed E-state index contributed by atoms with van der Waals surface area (Å²) >= 11 is 0. The van der Waals surface area contributed by atoms with Gasteiger partial charge in [0.1, 0.15) is 0 Å². The highest BCUT2D eigenvalue weighted by atomic mass is 16.2. The third-order valence-corrected chi connectivity index (χ3v) is 4.62. The zero-order valence-corrected chi connectivity index (χ0v) is 13.6. The smallest absolute Gasteiger partial charge is 0.314 e.